The molecule has 1 aromatic heterocycles. The number of hydrogen-bond acceptors (Lipinski definition) is 4. The van der Waals surface area contributed by atoms with E-state index in [-0.39, 0.29) is 6.10 Å². The second-order valence-corrected chi connectivity index (χ2v) is 5.99. The Balaban J connectivity index is 2.08. The van der Waals surface area contributed by atoms with Gasteiger partial charge in [0.25, 0.3) is 0 Å². The maximum atomic E-state index is 9.39. The molecule has 0 unspecified atom stereocenters. The number of halogens is 1. The van der Waals surface area contributed by atoms with Crippen LogP contribution >= 0.6 is 11.6 Å². The smallest absolute Gasteiger partial charge is 0.213 e. The van der Waals surface area contributed by atoms with Gasteiger partial charge in [-0.1, -0.05) is 11.6 Å². The molecule has 23 heavy (non-hydrogen) atoms. The number of aromatic nitrogens is 1. The first-order valence-corrected chi connectivity index (χ1v) is 8.00. The molecule has 2 aromatic rings. The van der Waals surface area contributed by atoms with Crippen LogP contribution in [-0.4, -0.2) is 18.2 Å². The van der Waals surface area contributed by atoms with Gasteiger partial charge in [0, 0.05) is 22.2 Å². The first kappa shape index (κ1) is 15.6. The molecule has 118 valence electrons. The highest BCUT2D eigenvalue weighted by molar-refractivity contribution is 6.31. The standard InChI is InChI=1S/C18H17ClN2O2/c1-22-18-9-16(15-8-13(19)7-6-12(15)10-20)17(11-21-18)23-14-4-2-3-5-14/h6-9,11,14H,2-5H2,1H3. The average molecular weight is 329 g/mol. The van der Waals surface area contributed by atoms with E-state index in [2.05, 4.69) is 11.1 Å². The van der Waals surface area contributed by atoms with Crippen LogP contribution in [0.1, 0.15) is 31.2 Å². The number of nitriles is 1. The number of rotatable bonds is 4. The Morgan fingerprint density at radius 2 is 2.00 bits per heavy atom. The average Bonchev–Trinajstić information content (AvgIpc) is 3.08. The van der Waals surface area contributed by atoms with Gasteiger partial charge >= 0.3 is 0 Å². The molecule has 0 amide bonds. The van der Waals surface area contributed by atoms with Gasteiger partial charge in [-0.25, -0.2) is 4.98 Å². The minimum Gasteiger partial charge on any atom is -0.488 e. The number of hydrogen-bond donors (Lipinski definition) is 0. The van der Waals surface area contributed by atoms with E-state index in [1.54, 1.807) is 37.6 Å². The molecule has 0 bridgehead atoms. The molecular formula is C18H17ClN2O2. The van der Waals surface area contributed by atoms with Crippen molar-refractivity contribution in [2.45, 2.75) is 31.8 Å². The van der Waals surface area contributed by atoms with E-state index in [1.165, 1.54) is 12.8 Å². The van der Waals surface area contributed by atoms with Crippen LogP contribution in [0.15, 0.2) is 30.5 Å². The minimum atomic E-state index is 0.202. The SMILES string of the molecule is COc1cc(-c2cc(Cl)ccc2C#N)c(OC2CCCC2)cn1. The highest BCUT2D eigenvalue weighted by atomic mass is 35.5. The number of benzene rings is 1. The zero-order valence-corrected chi connectivity index (χ0v) is 13.6. The van der Waals surface area contributed by atoms with E-state index in [0.717, 1.165) is 24.0 Å². The molecule has 1 saturated carbocycles. The van der Waals surface area contributed by atoms with Gasteiger partial charge in [-0.05, 0) is 43.9 Å². The van der Waals surface area contributed by atoms with Crippen molar-refractivity contribution < 1.29 is 9.47 Å². The fourth-order valence-corrected chi connectivity index (χ4v) is 3.03. The molecule has 0 aliphatic heterocycles. The fourth-order valence-electron chi connectivity index (χ4n) is 2.86. The highest BCUT2D eigenvalue weighted by Crippen LogP contribution is 2.37. The predicted molar refractivity (Wildman–Crippen MR) is 88.8 cm³/mol. The molecule has 1 fully saturated rings. The van der Waals surface area contributed by atoms with Crippen LogP contribution in [0.2, 0.25) is 5.02 Å². The lowest BCUT2D eigenvalue weighted by molar-refractivity contribution is 0.210. The Hall–Kier alpha value is -2.25. The van der Waals surface area contributed by atoms with Gasteiger partial charge in [0.15, 0.2) is 0 Å². The lowest BCUT2D eigenvalue weighted by Gasteiger charge is -2.17. The van der Waals surface area contributed by atoms with Crippen LogP contribution in [0.3, 0.4) is 0 Å². The molecule has 1 heterocycles. The monoisotopic (exact) mass is 328 g/mol. The van der Waals surface area contributed by atoms with Gasteiger partial charge in [0.1, 0.15) is 5.75 Å². The van der Waals surface area contributed by atoms with Gasteiger partial charge in [-0.3, -0.25) is 0 Å². The van der Waals surface area contributed by atoms with Gasteiger partial charge in [-0.15, -0.1) is 0 Å². The molecule has 0 N–H and O–H groups in total. The first-order valence-electron chi connectivity index (χ1n) is 7.62. The zero-order chi connectivity index (χ0) is 16.2. The largest absolute Gasteiger partial charge is 0.488 e. The summed E-state index contributed by atoms with van der Waals surface area (Å²) in [4.78, 5) is 4.24. The summed E-state index contributed by atoms with van der Waals surface area (Å²) in [7, 11) is 1.56. The van der Waals surface area contributed by atoms with Crippen LogP contribution < -0.4 is 9.47 Å². The molecule has 0 atom stereocenters. The highest BCUT2D eigenvalue weighted by Gasteiger charge is 2.20. The third-order valence-corrected chi connectivity index (χ3v) is 4.27. The molecule has 4 nitrogen and oxygen atoms in total. The van der Waals surface area contributed by atoms with Crippen LogP contribution in [0, 0.1) is 11.3 Å². The van der Waals surface area contributed by atoms with Crippen molar-refractivity contribution in [3.63, 3.8) is 0 Å². The van der Waals surface area contributed by atoms with Gasteiger partial charge in [0.05, 0.1) is 31.0 Å². The molecule has 1 aromatic carbocycles. The van der Waals surface area contributed by atoms with Crippen molar-refractivity contribution in [1.29, 1.82) is 5.26 Å². The molecule has 1 aliphatic carbocycles. The van der Waals surface area contributed by atoms with Gasteiger partial charge < -0.3 is 9.47 Å². The summed E-state index contributed by atoms with van der Waals surface area (Å²) in [6.07, 6.45) is 6.33. The van der Waals surface area contributed by atoms with Gasteiger partial charge in [0.2, 0.25) is 5.88 Å². The molecule has 3 rings (SSSR count). The van der Waals surface area contributed by atoms with E-state index in [1.807, 2.05) is 0 Å². The first-order chi connectivity index (χ1) is 11.2. The van der Waals surface area contributed by atoms with Crippen molar-refractivity contribution in [1.82, 2.24) is 4.98 Å². The van der Waals surface area contributed by atoms with E-state index < -0.39 is 0 Å². The van der Waals surface area contributed by atoms with Gasteiger partial charge in [-0.2, -0.15) is 5.26 Å². The van der Waals surface area contributed by atoms with E-state index in [0.29, 0.717) is 22.2 Å². The summed E-state index contributed by atoms with van der Waals surface area (Å²) < 4.78 is 11.4. The summed E-state index contributed by atoms with van der Waals surface area (Å²) in [6, 6.07) is 9.19. The molecule has 0 spiro atoms. The Labute approximate surface area is 140 Å². The summed E-state index contributed by atoms with van der Waals surface area (Å²) >= 11 is 6.12. The lowest BCUT2D eigenvalue weighted by atomic mass is 10.0. The minimum absolute atomic E-state index is 0.202. The number of nitrogens with zero attached hydrogens (tertiary/aromatic N) is 2. The number of methoxy groups -OCH3 is 1. The van der Waals surface area contributed by atoms with Crippen LogP contribution in [0.4, 0.5) is 0 Å². The van der Waals surface area contributed by atoms with Crippen molar-refractivity contribution >= 4 is 11.6 Å². The van der Waals surface area contributed by atoms with Crippen LogP contribution in [-0.2, 0) is 0 Å². The van der Waals surface area contributed by atoms with Crippen molar-refractivity contribution in [3.05, 3.63) is 41.0 Å². The summed E-state index contributed by atoms with van der Waals surface area (Å²) in [5.41, 5.74) is 2.05. The predicted octanol–water partition coefficient (Wildman–Crippen LogP) is 4.60. The van der Waals surface area contributed by atoms with Crippen molar-refractivity contribution in [3.8, 4) is 28.8 Å². The lowest BCUT2D eigenvalue weighted by Crippen LogP contribution is -2.12. The van der Waals surface area contributed by atoms with E-state index >= 15 is 0 Å². The maximum absolute atomic E-state index is 9.39. The van der Waals surface area contributed by atoms with E-state index in [9.17, 15) is 5.26 Å². The molecule has 1 aliphatic rings. The zero-order valence-electron chi connectivity index (χ0n) is 12.9. The summed E-state index contributed by atoms with van der Waals surface area (Å²) in [5, 5.41) is 9.96. The Bertz CT molecular complexity index is 749. The summed E-state index contributed by atoms with van der Waals surface area (Å²) in [5.74, 6) is 1.14. The quantitative estimate of drug-likeness (QED) is 0.822. The van der Waals surface area contributed by atoms with Crippen LogP contribution in [0.5, 0.6) is 11.6 Å². The maximum Gasteiger partial charge on any atom is 0.213 e. The van der Waals surface area contributed by atoms with Crippen LogP contribution in [0.25, 0.3) is 11.1 Å². The topological polar surface area (TPSA) is 55.1 Å². The fraction of sp³-hybridized carbons (Fsp3) is 0.333. The second-order valence-electron chi connectivity index (χ2n) is 5.55. The Morgan fingerprint density at radius 1 is 1.22 bits per heavy atom. The third kappa shape index (κ3) is 3.40. The van der Waals surface area contributed by atoms with Crippen molar-refractivity contribution in [2.24, 2.45) is 0 Å². The molecular weight excluding hydrogens is 312 g/mol. The molecule has 5 heteroatoms. The molecule has 0 saturated heterocycles. The normalized spacial score (nSPS) is 14.5. The number of pyridine rings is 1. The molecule has 0 radical (unpaired) electrons. The number of ether oxygens (including phenoxy) is 2. The Kier molecular flexibility index (Phi) is 4.68. The Morgan fingerprint density at radius 3 is 2.70 bits per heavy atom. The van der Waals surface area contributed by atoms with Crippen molar-refractivity contribution in [2.75, 3.05) is 7.11 Å². The third-order valence-electron chi connectivity index (χ3n) is 4.04. The second kappa shape index (κ2) is 6.89. The van der Waals surface area contributed by atoms with E-state index in [4.69, 9.17) is 21.1 Å². The summed E-state index contributed by atoms with van der Waals surface area (Å²) in [6.45, 7) is 0.